The zero-order chi connectivity index (χ0) is 13.3. The minimum atomic E-state index is -0.189. The molecule has 1 saturated carbocycles. The van der Waals surface area contributed by atoms with Gasteiger partial charge in [-0.05, 0) is 64.3 Å². The van der Waals surface area contributed by atoms with Crippen LogP contribution >= 0.6 is 15.9 Å². The maximum absolute atomic E-state index is 13.2. The lowest BCUT2D eigenvalue weighted by Crippen LogP contribution is -2.34. The molecule has 3 heteroatoms. The summed E-state index contributed by atoms with van der Waals surface area (Å²) in [5.41, 5.74) is 1.65. The predicted octanol–water partition coefficient (Wildman–Crippen LogP) is 4.15. The Morgan fingerprint density at radius 3 is 2.67 bits per heavy atom. The first-order chi connectivity index (χ1) is 8.44. The van der Waals surface area contributed by atoms with Gasteiger partial charge in [-0.15, -0.1) is 0 Å². The maximum Gasteiger partial charge on any atom is 0.137 e. The molecule has 1 aliphatic carbocycles. The average molecular weight is 314 g/mol. The van der Waals surface area contributed by atoms with Crippen LogP contribution < -0.4 is 5.32 Å². The summed E-state index contributed by atoms with van der Waals surface area (Å²) in [7, 11) is 0. The van der Waals surface area contributed by atoms with E-state index in [0.717, 1.165) is 18.9 Å². The van der Waals surface area contributed by atoms with Crippen molar-refractivity contribution in [3.63, 3.8) is 0 Å². The van der Waals surface area contributed by atoms with E-state index in [1.807, 2.05) is 12.1 Å². The predicted molar refractivity (Wildman–Crippen MR) is 77.2 cm³/mol. The summed E-state index contributed by atoms with van der Waals surface area (Å²) in [6, 6.07) is 5.83. The van der Waals surface area contributed by atoms with Crippen molar-refractivity contribution in [2.45, 2.75) is 39.7 Å². The van der Waals surface area contributed by atoms with Gasteiger partial charge in [-0.3, -0.25) is 0 Å². The summed E-state index contributed by atoms with van der Waals surface area (Å²) >= 11 is 3.25. The van der Waals surface area contributed by atoms with E-state index in [4.69, 9.17) is 0 Å². The van der Waals surface area contributed by atoms with Gasteiger partial charge in [0.15, 0.2) is 0 Å². The standard InChI is InChI=1S/C15H21BrFN/c1-4-18-14(11-9-15(11,2)3)8-10-5-6-13(17)12(16)7-10/h5-7,11,14,18H,4,8-9H2,1-3H3. The summed E-state index contributed by atoms with van der Waals surface area (Å²) in [4.78, 5) is 0. The van der Waals surface area contributed by atoms with Crippen LogP contribution in [0.3, 0.4) is 0 Å². The molecular weight excluding hydrogens is 293 g/mol. The lowest BCUT2D eigenvalue weighted by molar-refractivity contribution is 0.409. The highest BCUT2D eigenvalue weighted by molar-refractivity contribution is 9.10. The monoisotopic (exact) mass is 313 g/mol. The minimum Gasteiger partial charge on any atom is -0.314 e. The third kappa shape index (κ3) is 3.12. The smallest absolute Gasteiger partial charge is 0.137 e. The molecule has 2 atom stereocenters. The maximum atomic E-state index is 13.2. The molecule has 0 radical (unpaired) electrons. The van der Waals surface area contributed by atoms with Crippen LogP contribution in [0.15, 0.2) is 22.7 Å². The molecule has 1 aliphatic rings. The van der Waals surface area contributed by atoms with Gasteiger partial charge < -0.3 is 5.32 Å². The van der Waals surface area contributed by atoms with E-state index >= 15 is 0 Å². The molecule has 0 bridgehead atoms. The summed E-state index contributed by atoms with van der Waals surface area (Å²) in [5.74, 6) is 0.548. The Morgan fingerprint density at radius 2 is 2.17 bits per heavy atom. The van der Waals surface area contributed by atoms with Crippen LogP contribution in [0.5, 0.6) is 0 Å². The van der Waals surface area contributed by atoms with E-state index in [0.29, 0.717) is 15.9 Å². The molecule has 0 aliphatic heterocycles. The van der Waals surface area contributed by atoms with Crippen LogP contribution in [0.4, 0.5) is 4.39 Å². The van der Waals surface area contributed by atoms with Crippen LogP contribution in [0, 0.1) is 17.2 Å². The Kier molecular flexibility index (Phi) is 4.12. The number of rotatable bonds is 5. The molecule has 2 rings (SSSR count). The average Bonchev–Trinajstić information content (AvgIpc) is 2.92. The van der Waals surface area contributed by atoms with Crippen LogP contribution in [0.25, 0.3) is 0 Å². The van der Waals surface area contributed by atoms with Crippen molar-refractivity contribution in [2.24, 2.45) is 11.3 Å². The fraction of sp³-hybridized carbons (Fsp3) is 0.600. The van der Waals surface area contributed by atoms with Crippen molar-refractivity contribution in [3.05, 3.63) is 34.1 Å². The summed E-state index contributed by atoms with van der Waals surface area (Å²) in [6.45, 7) is 7.77. The molecule has 100 valence electrons. The Bertz CT molecular complexity index is 431. The molecule has 0 saturated heterocycles. The number of halogens is 2. The van der Waals surface area contributed by atoms with Crippen molar-refractivity contribution in [3.8, 4) is 0 Å². The van der Waals surface area contributed by atoms with Gasteiger partial charge in [0.1, 0.15) is 5.82 Å². The molecule has 1 aromatic rings. The second-order valence-corrected chi connectivity index (χ2v) is 6.77. The number of hydrogen-bond donors (Lipinski definition) is 1. The van der Waals surface area contributed by atoms with Crippen molar-refractivity contribution < 1.29 is 4.39 Å². The van der Waals surface area contributed by atoms with Crippen LogP contribution in [-0.2, 0) is 6.42 Å². The summed E-state index contributed by atoms with van der Waals surface area (Å²) in [5, 5.41) is 3.57. The zero-order valence-corrected chi connectivity index (χ0v) is 12.8. The lowest BCUT2D eigenvalue weighted by atomic mass is 9.97. The van der Waals surface area contributed by atoms with Crippen molar-refractivity contribution in [1.82, 2.24) is 5.32 Å². The molecule has 1 aromatic carbocycles. The highest BCUT2D eigenvalue weighted by atomic mass is 79.9. The largest absolute Gasteiger partial charge is 0.314 e. The quantitative estimate of drug-likeness (QED) is 0.861. The summed E-state index contributed by atoms with van der Waals surface area (Å²) < 4.78 is 13.8. The second kappa shape index (κ2) is 5.30. The van der Waals surface area contributed by atoms with Gasteiger partial charge in [0.25, 0.3) is 0 Å². The van der Waals surface area contributed by atoms with Crippen molar-refractivity contribution >= 4 is 15.9 Å². The number of nitrogens with one attached hydrogen (secondary N) is 1. The molecule has 0 spiro atoms. The number of likely N-dealkylation sites (N-methyl/N-ethyl adjacent to an activating group) is 1. The van der Waals surface area contributed by atoms with E-state index in [1.54, 1.807) is 6.07 Å². The molecule has 1 nitrogen and oxygen atoms in total. The van der Waals surface area contributed by atoms with Gasteiger partial charge in [-0.1, -0.05) is 26.8 Å². The molecule has 1 fully saturated rings. The topological polar surface area (TPSA) is 12.0 Å². The molecule has 0 heterocycles. The van der Waals surface area contributed by atoms with Crippen LogP contribution in [0.1, 0.15) is 32.8 Å². The van der Waals surface area contributed by atoms with Gasteiger partial charge >= 0.3 is 0 Å². The summed E-state index contributed by atoms with van der Waals surface area (Å²) in [6.07, 6.45) is 2.26. The van der Waals surface area contributed by atoms with Crippen molar-refractivity contribution in [1.29, 1.82) is 0 Å². The Morgan fingerprint density at radius 1 is 1.50 bits per heavy atom. The molecule has 2 unspecified atom stereocenters. The molecule has 1 N–H and O–H groups in total. The number of hydrogen-bond acceptors (Lipinski definition) is 1. The first-order valence-electron chi connectivity index (χ1n) is 6.61. The first-order valence-corrected chi connectivity index (χ1v) is 7.40. The first kappa shape index (κ1) is 14.0. The zero-order valence-electron chi connectivity index (χ0n) is 11.3. The fourth-order valence-corrected chi connectivity index (χ4v) is 3.16. The Balaban J connectivity index is 2.07. The normalized spacial score (nSPS) is 22.8. The lowest BCUT2D eigenvalue weighted by Gasteiger charge is -2.20. The molecule has 0 aromatic heterocycles. The van der Waals surface area contributed by atoms with E-state index in [2.05, 4.69) is 42.0 Å². The third-order valence-corrected chi connectivity index (χ3v) is 4.59. The third-order valence-electron chi connectivity index (χ3n) is 3.98. The van der Waals surface area contributed by atoms with Crippen LogP contribution in [0.2, 0.25) is 0 Å². The fourth-order valence-electron chi connectivity index (χ4n) is 2.73. The molecule has 0 amide bonds. The highest BCUT2D eigenvalue weighted by Crippen LogP contribution is 2.54. The van der Waals surface area contributed by atoms with E-state index in [1.165, 1.54) is 12.0 Å². The minimum absolute atomic E-state index is 0.189. The van der Waals surface area contributed by atoms with E-state index < -0.39 is 0 Å². The van der Waals surface area contributed by atoms with Gasteiger partial charge in [-0.2, -0.15) is 0 Å². The number of benzene rings is 1. The van der Waals surface area contributed by atoms with E-state index in [9.17, 15) is 4.39 Å². The second-order valence-electron chi connectivity index (χ2n) is 5.92. The highest BCUT2D eigenvalue weighted by Gasteiger charge is 2.49. The Hall–Kier alpha value is -0.410. The molecular formula is C15H21BrFN. The van der Waals surface area contributed by atoms with Crippen LogP contribution in [-0.4, -0.2) is 12.6 Å². The van der Waals surface area contributed by atoms with Gasteiger partial charge in [0.05, 0.1) is 4.47 Å². The van der Waals surface area contributed by atoms with Crippen molar-refractivity contribution in [2.75, 3.05) is 6.54 Å². The SMILES string of the molecule is CCNC(Cc1ccc(F)c(Br)c1)C1CC1(C)C. The van der Waals surface area contributed by atoms with Gasteiger partial charge in [0, 0.05) is 6.04 Å². The van der Waals surface area contributed by atoms with E-state index in [-0.39, 0.29) is 5.82 Å². The Labute approximate surface area is 117 Å². The van der Waals surface area contributed by atoms with Gasteiger partial charge in [0.2, 0.25) is 0 Å². The molecule has 18 heavy (non-hydrogen) atoms. The van der Waals surface area contributed by atoms with Gasteiger partial charge in [-0.25, -0.2) is 4.39 Å².